The molecule has 0 radical (unpaired) electrons. The molecule has 2 aromatic rings. The smallest absolute Gasteiger partial charge is 0.232 e. The highest BCUT2D eigenvalue weighted by atomic mass is 19.1. The maximum Gasteiger partial charge on any atom is 0.232 e. The van der Waals surface area contributed by atoms with E-state index in [9.17, 15) is 9.18 Å². The van der Waals surface area contributed by atoms with E-state index in [2.05, 4.69) is 5.32 Å². The molecule has 0 aliphatic heterocycles. The maximum absolute atomic E-state index is 13.0. The Balaban J connectivity index is 2.19. The summed E-state index contributed by atoms with van der Waals surface area (Å²) in [4.78, 5) is 12.5. The minimum absolute atomic E-state index is 0.0730. The quantitative estimate of drug-likeness (QED) is 0.924. The number of hydrogen-bond acceptors (Lipinski definition) is 2. The van der Waals surface area contributed by atoms with Crippen molar-refractivity contribution in [1.29, 1.82) is 5.26 Å². The Morgan fingerprint density at radius 1 is 1.09 bits per heavy atom. The lowest BCUT2D eigenvalue weighted by molar-refractivity contribution is -0.118. The van der Waals surface area contributed by atoms with Gasteiger partial charge in [0, 0.05) is 5.69 Å². The summed E-state index contributed by atoms with van der Waals surface area (Å²) in [6, 6.07) is 14.7. The summed E-state index contributed by atoms with van der Waals surface area (Å²) in [6.45, 7) is 3.90. The van der Waals surface area contributed by atoms with Crippen LogP contribution in [0.15, 0.2) is 48.5 Å². The molecule has 2 rings (SSSR count). The summed E-state index contributed by atoms with van der Waals surface area (Å²) in [5.74, 6) is -0.759. The predicted molar refractivity (Wildman–Crippen MR) is 83.8 cm³/mol. The number of carbonyl (C=O) groups is 1. The molecule has 0 spiro atoms. The van der Waals surface area contributed by atoms with Gasteiger partial charge in [-0.2, -0.15) is 5.26 Å². The fourth-order valence-corrected chi connectivity index (χ4v) is 2.36. The van der Waals surface area contributed by atoms with Gasteiger partial charge in [0.2, 0.25) is 5.91 Å². The van der Waals surface area contributed by atoms with Crippen LogP contribution in [0.4, 0.5) is 10.1 Å². The predicted octanol–water partition coefficient (Wildman–Crippen LogP) is 4.08. The first kappa shape index (κ1) is 15.7. The van der Waals surface area contributed by atoms with E-state index in [1.807, 2.05) is 19.9 Å². The largest absolute Gasteiger partial charge is 0.326 e. The Hall–Kier alpha value is -2.67. The Morgan fingerprint density at radius 2 is 1.68 bits per heavy atom. The third-order valence-electron chi connectivity index (χ3n) is 3.46. The molecule has 112 valence electrons. The second-order valence-electron chi connectivity index (χ2n) is 5.45. The number of nitrogens with one attached hydrogen (secondary N) is 1. The zero-order valence-electron chi connectivity index (χ0n) is 12.5. The Bertz CT molecular complexity index is 685. The lowest BCUT2D eigenvalue weighted by atomic mass is 9.87. The van der Waals surface area contributed by atoms with Gasteiger partial charge in [0.25, 0.3) is 0 Å². The number of nitriles is 1. The van der Waals surface area contributed by atoms with Gasteiger partial charge in [0.1, 0.15) is 5.82 Å². The first-order chi connectivity index (χ1) is 10.5. The van der Waals surface area contributed by atoms with E-state index >= 15 is 0 Å². The van der Waals surface area contributed by atoms with E-state index in [1.165, 1.54) is 12.1 Å². The van der Waals surface area contributed by atoms with Crippen molar-refractivity contribution in [3.63, 3.8) is 0 Å². The zero-order chi connectivity index (χ0) is 16.1. The lowest BCUT2D eigenvalue weighted by Crippen LogP contribution is -2.25. The molecule has 4 heteroatoms. The minimum Gasteiger partial charge on any atom is -0.326 e. The number of rotatable bonds is 4. The Morgan fingerprint density at radius 3 is 2.18 bits per heavy atom. The van der Waals surface area contributed by atoms with Crippen LogP contribution in [-0.2, 0) is 4.79 Å². The first-order valence-electron chi connectivity index (χ1n) is 7.07. The van der Waals surface area contributed by atoms with Crippen LogP contribution in [0.2, 0.25) is 0 Å². The van der Waals surface area contributed by atoms with Gasteiger partial charge >= 0.3 is 0 Å². The summed E-state index contributed by atoms with van der Waals surface area (Å²) in [5, 5.41) is 11.6. The van der Waals surface area contributed by atoms with E-state index < -0.39 is 0 Å². The second-order valence-corrected chi connectivity index (χ2v) is 5.45. The van der Waals surface area contributed by atoms with E-state index in [4.69, 9.17) is 5.26 Å². The van der Waals surface area contributed by atoms with Crippen LogP contribution in [0.1, 0.15) is 30.9 Å². The maximum atomic E-state index is 13.0. The fraction of sp³-hybridized carbons (Fsp3) is 0.222. The highest BCUT2D eigenvalue weighted by Gasteiger charge is 2.24. The molecule has 0 aromatic heterocycles. The molecule has 0 saturated carbocycles. The highest BCUT2D eigenvalue weighted by molar-refractivity contribution is 5.96. The molecule has 1 atom stereocenters. The molecule has 22 heavy (non-hydrogen) atoms. The molecule has 1 amide bonds. The standard InChI is InChI=1S/C18H17FN2O/c1-12(2)17(14-5-7-15(19)8-6-14)18(22)21-16-9-3-13(11-20)4-10-16/h3-10,12,17H,1-2H3,(H,21,22). The van der Waals surface area contributed by atoms with Crippen molar-refractivity contribution in [2.24, 2.45) is 5.92 Å². The summed E-state index contributed by atoms with van der Waals surface area (Å²) in [6.07, 6.45) is 0. The average Bonchev–Trinajstić information content (AvgIpc) is 2.50. The normalized spacial score (nSPS) is 11.8. The van der Waals surface area contributed by atoms with E-state index in [-0.39, 0.29) is 23.6 Å². The molecule has 0 aliphatic carbocycles. The number of nitrogens with zero attached hydrogens (tertiary/aromatic N) is 1. The molecule has 2 aromatic carbocycles. The van der Waals surface area contributed by atoms with E-state index in [0.29, 0.717) is 11.3 Å². The number of benzene rings is 2. The number of amides is 1. The van der Waals surface area contributed by atoms with Crippen LogP contribution in [0.3, 0.4) is 0 Å². The summed E-state index contributed by atoms with van der Waals surface area (Å²) in [7, 11) is 0. The van der Waals surface area contributed by atoms with E-state index in [0.717, 1.165) is 5.56 Å². The van der Waals surface area contributed by atoms with Gasteiger partial charge in [-0.15, -0.1) is 0 Å². The van der Waals surface area contributed by atoms with Crippen molar-refractivity contribution < 1.29 is 9.18 Å². The van der Waals surface area contributed by atoms with Gasteiger partial charge in [0.15, 0.2) is 0 Å². The molecular formula is C18H17FN2O. The summed E-state index contributed by atoms with van der Waals surface area (Å²) in [5.41, 5.74) is 1.95. The number of hydrogen-bond donors (Lipinski definition) is 1. The highest BCUT2D eigenvalue weighted by Crippen LogP contribution is 2.26. The van der Waals surface area contributed by atoms with Crippen LogP contribution < -0.4 is 5.32 Å². The lowest BCUT2D eigenvalue weighted by Gasteiger charge is -2.20. The van der Waals surface area contributed by atoms with Crippen LogP contribution in [0, 0.1) is 23.1 Å². The van der Waals surface area contributed by atoms with Crippen molar-refractivity contribution in [3.05, 3.63) is 65.5 Å². The Kier molecular flexibility index (Phi) is 4.90. The third kappa shape index (κ3) is 3.70. The molecule has 0 aliphatic rings. The molecule has 0 bridgehead atoms. The molecule has 0 heterocycles. The molecular weight excluding hydrogens is 279 g/mol. The second kappa shape index (κ2) is 6.86. The molecule has 3 nitrogen and oxygen atoms in total. The molecule has 0 saturated heterocycles. The van der Waals surface area contributed by atoms with Crippen molar-refractivity contribution in [2.75, 3.05) is 5.32 Å². The number of carbonyl (C=O) groups excluding carboxylic acids is 1. The molecule has 1 N–H and O–H groups in total. The Labute approximate surface area is 129 Å². The minimum atomic E-state index is -0.365. The summed E-state index contributed by atoms with van der Waals surface area (Å²) < 4.78 is 13.0. The van der Waals surface area contributed by atoms with Gasteiger partial charge < -0.3 is 5.32 Å². The van der Waals surface area contributed by atoms with Crippen molar-refractivity contribution in [2.45, 2.75) is 19.8 Å². The van der Waals surface area contributed by atoms with Crippen LogP contribution >= 0.6 is 0 Å². The van der Waals surface area contributed by atoms with Crippen molar-refractivity contribution >= 4 is 11.6 Å². The number of halogens is 1. The topological polar surface area (TPSA) is 52.9 Å². The number of anilines is 1. The average molecular weight is 296 g/mol. The monoisotopic (exact) mass is 296 g/mol. The van der Waals surface area contributed by atoms with Gasteiger partial charge in [-0.25, -0.2) is 4.39 Å². The van der Waals surface area contributed by atoms with Gasteiger partial charge in [-0.1, -0.05) is 26.0 Å². The van der Waals surface area contributed by atoms with E-state index in [1.54, 1.807) is 36.4 Å². The van der Waals surface area contributed by atoms with Crippen LogP contribution in [0.5, 0.6) is 0 Å². The van der Waals surface area contributed by atoms with Gasteiger partial charge in [0.05, 0.1) is 17.6 Å². The zero-order valence-corrected chi connectivity index (χ0v) is 12.5. The first-order valence-corrected chi connectivity index (χ1v) is 7.07. The molecule has 1 unspecified atom stereocenters. The fourth-order valence-electron chi connectivity index (χ4n) is 2.36. The molecule has 0 fully saturated rings. The summed E-state index contributed by atoms with van der Waals surface area (Å²) >= 11 is 0. The van der Waals surface area contributed by atoms with Crippen molar-refractivity contribution in [1.82, 2.24) is 0 Å². The van der Waals surface area contributed by atoms with Crippen LogP contribution in [-0.4, -0.2) is 5.91 Å². The van der Waals surface area contributed by atoms with Crippen molar-refractivity contribution in [3.8, 4) is 6.07 Å². The van der Waals surface area contributed by atoms with Gasteiger partial charge in [-0.3, -0.25) is 4.79 Å². The van der Waals surface area contributed by atoms with Crippen LogP contribution in [0.25, 0.3) is 0 Å². The SMILES string of the molecule is CC(C)C(C(=O)Nc1ccc(C#N)cc1)c1ccc(F)cc1. The third-order valence-corrected chi connectivity index (χ3v) is 3.46. The van der Waals surface area contributed by atoms with Gasteiger partial charge in [-0.05, 0) is 47.9 Å².